The van der Waals surface area contributed by atoms with Crippen LogP contribution in [0.25, 0.3) is 0 Å². The Bertz CT molecular complexity index is 269. The third kappa shape index (κ3) is 2.51. The van der Waals surface area contributed by atoms with Crippen molar-refractivity contribution in [2.24, 2.45) is 0 Å². The molecule has 1 unspecified atom stereocenters. The Morgan fingerprint density at radius 2 is 2.00 bits per heavy atom. The van der Waals surface area contributed by atoms with Gasteiger partial charge in [-0.1, -0.05) is 27.7 Å². The molecule has 0 radical (unpaired) electrons. The molecular formula is C11H18N2. The van der Waals surface area contributed by atoms with Crippen LogP contribution < -0.4 is 0 Å². The number of hydrogen-bond donors (Lipinski definition) is 0. The van der Waals surface area contributed by atoms with Crippen molar-refractivity contribution in [3.8, 4) is 0 Å². The van der Waals surface area contributed by atoms with Crippen molar-refractivity contribution in [1.29, 1.82) is 0 Å². The first-order chi connectivity index (χ1) is 6.15. The van der Waals surface area contributed by atoms with Gasteiger partial charge in [-0.25, -0.2) is 9.97 Å². The van der Waals surface area contributed by atoms with Crippen molar-refractivity contribution in [3.05, 3.63) is 23.8 Å². The lowest BCUT2D eigenvalue weighted by Gasteiger charge is -2.09. The van der Waals surface area contributed by atoms with Crippen LogP contribution in [0.5, 0.6) is 0 Å². The van der Waals surface area contributed by atoms with E-state index in [1.54, 1.807) is 0 Å². The van der Waals surface area contributed by atoms with Crippen molar-refractivity contribution in [2.45, 2.75) is 46.0 Å². The van der Waals surface area contributed by atoms with Crippen LogP contribution in [0.4, 0.5) is 0 Å². The van der Waals surface area contributed by atoms with Crippen LogP contribution in [0.15, 0.2) is 12.3 Å². The molecule has 1 rings (SSSR count). The predicted octanol–water partition coefficient (Wildman–Crippen LogP) is 3.11. The molecular weight excluding hydrogens is 160 g/mol. The van der Waals surface area contributed by atoms with Gasteiger partial charge in [0, 0.05) is 17.8 Å². The zero-order valence-electron chi connectivity index (χ0n) is 8.91. The average Bonchev–Trinajstić information content (AvgIpc) is 2.17. The average molecular weight is 178 g/mol. The van der Waals surface area contributed by atoms with Crippen molar-refractivity contribution in [3.63, 3.8) is 0 Å². The number of rotatable bonds is 3. The molecule has 1 aromatic rings. The van der Waals surface area contributed by atoms with Crippen LogP contribution in [-0.2, 0) is 0 Å². The number of aromatic nitrogens is 2. The fraction of sp³-hybridized carbons (Fsp3) is 0.636. The topological polar surface area (TPSA) is 25.8 Å². The number of hydrogen-bond acceptors (Lipinski definition) is 2. The van der Waals surface area contributed by atoms with Gasteiger partial charge in [0.1, 0.15) is 5.82 Å². The van der Waals surface area contributed by atoms with E-state index in [4.69, 9.17) is 0 Å². The summed E-state index contributed by atoms with van der Waals surface area (Å²) in [4.78, 5) is 8.81. The van der Waals surface area contributed by atoms with Gasteiger partial charge in [-0.3, -0.25) is 0 Å². The molecule has 2 heteroatoms. The van der Waals surface area contributed by atoms with Crippen LogP contribution in [-0.4, -0.2) is 9.97 Å². The molecule has 0 bridgehead atoms. The monoisotopic (exact) mass is 178 g/mol. The van der Waals surface area contributed by atoms with Crippen molar-refractivity contribution < 1.29 is 0 Å². The summed E-state index contributed by atoms with van der Waals surface area (Å²) in [5, 5.41) is 0. The second-order valence-electron chi connectivity index (χ2n) is 3.80. The Balaban J connectivity index is 2.91. The predicted molar refractivity (Wildman–Crippen MR) is 54.8 cm³/mol. The molecule has 0 spiro atoms. The third-order valence-electron chi connectivity index (χ3n) is 2.34. The fourth-order valence-corrected chi connectivity index (χ4v) is 1.13. The van der Waals surface area contributed by atoms with E-state index < -0.39 is 0 Å². The smallest absolute Gasteiger partial charge is 0.131 e. The van der Waals surface area contributed by atoms with Gasteiger partial charge < -0.3 is 0 Å². The first-order valence-electron chi connectivity index (χ1n) is 4.98. The Labute approximate surface area is 80.4 Å². The maximum absolute atomic E-state index is 4.53. The molecule has 0 saturated heterocycles. The Hall–Kier alpha value is -0.920. The summed E-state index contributed by atoms with van der Waals surface area (Å²) in [7, 11) is 0. The molecule has 2 nitrogen and oxygen atoms in total. The quantitative estimate of drug-likeness (QED) is 0.710. The standard InChI is InChI=1S/C11H18N2/c1-5-9(4)11-12-7-6-10(13-11)8(2)3/h6-9H,5H2,1-4H3. The molecule has 0 aliphatic heterocycles. The molecule has 72 valence electrons. The summed E-state index contributed by atoms with van der Waals surface area (Å²) in [6.07, 6.45) is 2.96. The minimum Gasteiger partial charge on any atom is -0.241 e. The van der Waals surface area contributed by atoms with Crippen molar-refractivity contribution in [1.82, 2.24) is 9.97 Å². The second kappa shape index (κ2) is 4.35. The van der Waals surface area contributed by atoms with Crippen LogP contribution in [0.2, 0.25) is 0 Å². The van der Waals surface area contributed by atoms with Gasteiger partial charge in [0.05, 0.1) is 0 Å². The maximum atomic E-state index is 4.53. The normalized spacial score (nSPS) is 13.3. The maximum Gasteiger partial charge on any atom is 0.131 e. The molecule has 13 heavy (non-hydrogen) atoms. The Morgan fingerprint density at radius 3 is 2.54 bits per heavy atom. The largest absolute Gasteiger partial charge is 0.241 e. The summed E-state index contributed by atoms with van der Waals surface area (Å²) in [6, 6.07) is 2.00. The van der Waals surface area contributed by atoms with E-state index in [1.165, 1.54) is 0 Å². The lowest BCUT2D eigenvalue weighted by Crippen LogP contribution is -2.03. The van der Waals surface area contributed by atoms with Crippen LogP contribution >= 0.6 is 0 Å². The Kier molecular flexibility index (Phi) is 3.40. The van der Waals surface area contributed by atoms with Gasteiger partial charge in [0.2, 0.25) is 0 Å². The molecule has 1 aromatic heterocycles. The summed E-state index contributed by atoms with van der Waals surface area (Å²) >= 11 is 0. The molecule has 0 amide bonds. The zero-order chi connectivity index (χ0) is 9.84. The van der Waals surface area contributed by atoms with Gasteiger partial charge >= 0.3 is 0 Å². The summed E-state index contributed by atoms with van der Waals surface area (Å²) < 4.78 is 0. The zero-order valence-corrected chi connectivity index (χ0v) is 8.91. The first kappa shape index (κ1) is 10.2. The second-order valence-corrected chi connectivity index (χ2v) is 3.80. The van der Waals surface area contributed by atoms with Gasteiger partial charge in [0.25, 0.3) is 0 Å². The van der Waals surface area contributed by atoms with E-state index >= 15 is 0 Å². The minimum atomic E-state index is 0.471. The molecule has 0 fully saturated rings. The third-order valence-corrected chi connectivity index (χ3v) is 2.34. The van der Waals surface area contributed by atoms with Gasteiger partial charge in [-0.05, 0) is 18.4 Å². The highest BCUT2D eigenvalue weighted by Gasteiger charge is 2.08. The van der Waals surface area contributed by atoms with E-state index in [-0.39, 0.29) is 0 Å². The van der Waals surface area contributed by atoms with Gasteiger partial charge in [-0.2, -0.15) is 0 Å². The molecule has 0 saturated carbocycles. The number of nitrogens with zero attached hydrogens (tertiary/aromatic N) is 2. The van der Waals surface area contributed by atoms with E-state index in [0.29, 0.717) is 11.8 Å². The summed E-state index contributed by atoms with van der Waals surface area (Å²) in [5.41, 5.74) is 1.14. The van der Waals surface area contributed by atoms with Crippen molar-refractivity contribution in [2.75, 3.05) is 0 Å². The highest BCUT2D eigenvalue weighted by molar-refractivity contribution is 5.08. The SMILES string of the molecule is CCC(C)c1nccc(C(C)C)n1. The highest BCUT2D eigenvalue weighted by atomic mass is 14.9. The fourth-order valence-electron chi connectivity index (χ4n) is 1.13. The van der Waals surface area contributed by atoms with Gasteiger partial charge in [-0.15, -0.1) is 0 Å². The van der Waals surface area contributed by atoms with E-state index in [0.717, 1.165) is 17.9 Å². The molecule has 0 N–H and O–H groups in total. The summed E-state index contributed by atoms with van der Waals surface area (Å²) in [5.74, 6) is 1.94. The van der Waals surface area contributed by atoms with Crippen LogP contribution in [0.1, 0.15) is 57.5 Å². The van der Waals surface area contributed by atoms with E-state index in [9.17, 15) is 0 Å². The van der Waals surface area contributed by atoms with Crippen LogP contribution in [0.3, 0.4) is 0 Å². The van der Waals surface area contributed by atoms with Gasteiger partial charge in [0.15, 0.2) is 0 Å². The molecule has 0 aliphatic carbocycles. The summed E-state index contributed by atoms with van der Waals surface area (Å²) in [6.45, 7) is 8.64. The van der Waals surface area contributed by atoms with Crippen molar-refractivity contribution >= 4 is 0 Å². The van der Waals surface area contributed by atoms with E-state index in [1.807, 2.05) is 12.3 Å². The highest BCUT2D eigenvalue weighted by Crippen LogP contribution is 2.16. The lowest BCUT2D eigenvalue weighted by molar-refractivity contribution is 0.661. The molecule has 0 aromatic carbocycles. The Morgan fingerprint density at radius 1 is 1.31 bits per heavy atom. The molecule has 1 heterocycles. The molecule has 0 aliphatic rings. The minimum absolute atomic E-state index is 0.471. The lowest BCUT2D eigenvalue weighted by atomic mass is 10.1. The first-order valence-corrected chi connectivity index (χ1v) is 4.98. The molecule has 1 atom stereocenters. The van der Waals surface area contributed by atoms with Crippen LogP contribution in [0, 0.1) is 0 Å². The van der Waals surface area contributed by atoms with E-state index in [2.05, 4.69) is 37.7 Å².